The predicted octanol–water partition coefficient (Wildman–Crippen LogP) is 12.9. The number of thiophene rings is 2. The number of rotatable bonds is 27. The second kappa shape index (κ2) is 25.1. The molecule has 0 unspecified atom stereocenters. The molecule has 4 rings (SSSR count). The Labute approximate surface area is 350 Å². The average Bonchev–Trinajstić information content (AvgIpc) is 3.94. The molecular formula is C48H54O8S2. The molecule has 58 heavy (non-hydrogen) atoms. The number of carbonyl (C=O) groups excluding carboxylic acids is 4. The Hall–Kier alpha value is -5.32. The third-order valence-corrected chi connectivity index (χ3v) is 11.4. The highest BCUT2D eigenvalue weighted by molar-refractivity contribution is 7.25. The van der Waals surface area contributed by atoms with Crippen molar-refractivity contribution in [2.24, 2.45) is 0 Å². The molecule has 0 radical (unpaired) electrons. The minimum absolute atomic E-state index is 0.267. The van der Waals surface area contributed by atoms with Crippen LogP contribution >= 0.6 is 22.7 Å². The molecule has 0 bridgehead atoms. The van der Waals surface area contributed by atoms with Gasteiger partial charge in [0.25, 0.3) is 0 Å². The van der Waals surface area contributed by atoms with E-state index in [-0.39, 0.29) is 48.7 Å². The van der Waals surface area contributed by atoms with Crippen LogP contribution in [0.4, 0.5) is 0 Å². The van der Waals surface area contributed by atoms with E-state index in [0.717, 1.165) is 70.9 Å². The van der Waals surface area contributed by atoms with E-state index in [1.54, 1.807) is 24.3 Å². The number of allylic oxidation sites excluding steroid dienone is 4. The van der Waals surface area contributed by atoms with E-state index < -0.39 is 23.9 Å². The maximum Gasteiger partial charge on any atom is 0.338 e. The van der Waals surface area contributed by atoms with Crippen LogP contribution in [0.15, 0.2) is 111 Å². The molecule has 0 aliphatic carbocycles. The lowest BCUT2D eigenvalue weighted by Gasteiger charge is -2.10. The molecule has 2 aromatic heterocycles. The van der Waals surface area contributed by atoms with Gasteiger partial charge in [-0.1, -0.05) is 24.3 Å². The van der Waals surface area contributed by atoms with Gasteiger partial charge in [-0.15, -0.1) is 49.0 Å². The van der Waals surface area contributed by atoms with Crippen molar-refractivity contribution < 1.29 is 38.1 Å². The molecule has 10 heteroatoms. The van der Waals surface area contributed by atoms with Gasteiger partial charge in [-0.3, -0.25) is 0 Å². The predicted molar refractivity (Wildman–Crippen MR) is 236 cm³/mol. The van der Waals surface area contributed by atoms with Gasteiger partial charge >= 0.3 is 23.9 Å². The summed E-state index contributed by atoms with van der Waals surface area (Å²) in [5, 5.41) is 0. The van der Waals surface area contributed by atoms with Crippen LogP contribution in [0.2, 0.25) is 0 Å². The molecule has 0 spiro atoms. The zero-order valence-corrected chi connectivity index (χ0v) is 34.9. The first-order chi connectivity index (χ1) is 28.3. The second-order valence-corrected chi connectivity index (χ2v) is 15.8. The summed E-state index contributed by atoms with van der Waals surface area (Å²) in [7, 11) is 0. The molecule has 0 aliphatic heterocycles. The Balaban J connectivity index is 1.59. The van der Waals surface area contributed by atoms with Crippen molar-refractivity contribution in [2.75, 3.05) is 26.4 Å². The first kappa shape index (κ1) is 45.4. The van der Waals surface area contributed by atoms with Gasteiger partial charge in [0, 0.05) is 19.5 Å². The van der Waals surface area contributed by atoms with Gasteiger partial charge in [-0.2, -0.15) is 0 Å². The van der Waals surface area contributed by atoms with E-state index in [4.69, 9.17) is 18.9 Å². The van der Waals surface area contributed by atoms with Gasteiger partial charge in [0.2, 0.25) is 0 Å². The minimum Gasteiger partial charge on any atom is -0.462 e. The number of carbonyl (C=O) groups is 4. The third-order valence-electron chi connectivity index (χ3n) is 8.98. The number of hydrogen-bond acceptors (Lipinski definition) is 10. The molecule has 0 aliphatic rings. The Morgan fingerprint density at radius 1 is 0.397 bits per heavy atom. The largest absolute Gasteiger partial charge is 0.462 e. The first-order valence-electron chi connectivity index (χ1n) is 19.9. The number of hydrogen-bond donors (Lipinski definition) is 0. The number of unbranched alkanes of at least 4 members (excludes halogenated alkanes) is 8. The van der Waals surface area contributed by atoms with Crippen LogP contribution in [0, 0.1) is 0 Å². The van der Waals surface area contributed by atoms with Crippen LogP contribution in [0.1, 0.15) is 118 Å². The van der Waals surface area contributed by atoms with Gasteiger partial charge in [-0.25, -0.2) is 19.2 Å². The number of esters is 4. The first-order valence-corrected chi connectivity index (χ1v) is 21.5. The van der Waals surface area contributed by atoms with Crippen LogP contribution < -0.4 is 0 Å². The van der Waals surface area contributed by atoms with Crippen LogP contribution in [0.25, 0.3) is 30.6 Å². The summed E-state index contributed by atoms with van der Waals surface area (Å²) in [6, 6.07) is 17.9. The quantitative estimate of drug-likeness (QED) is 0.0253. The molecule has 8 nitrogen and oxygen atoms in total. The van der Waals surface area contributed by atoms with Gasteiger partial charge in [0.1, 0.15) is 0 Å². The summed E-state index contributed by atoms with van der Waals surface area (Å²) in [4.78, 5) is 56.3. The van der Waals surface area contributed by atoms with Crippen molar-refractivity contribution in [3.63, 3.8) is 0 Å². The molecule has 2 heterocycles. The van der Waals surface area contributed by atoms with E-state index in [9.17, 15) is 19.2 Å². The minimum atomic E-state index is -0.505. The van der Waals surface area contributed by atoms with E-state index in [1.165, 1.54) is 34.8 Å². The average molecular weight is 823 g/mol. The van der Waals surface area contributed by atoms with Crippen molar-refractivity contribution >= 4 is 46.6 Å². The smallest absolute Gasteiger partial charge is 0.338 e. The number of benzene rings is 2. The lowest BCUT2D eigenvalue weighted by atomic mass is 10.0. The van der Waals surface area contributed by atoms with E-state index >= 15 is 0 Å². The van der Waals surface area contributed by atoms with E-state index in [1.807, 2.05) is 48.6 Å². The normalized spacial score (nSPS) is 10.7. The highest BCUT2D eigenvalue weighted by Gasteiger charge is 2.20. The lowest BCUT2D eigenvalue weighted by Crippen LogP contribution is -2.11. The molecule has 0 amide bonds. The van der Waals surface area contributed by atoms with Crippen LogP contribution in [-0.2, 0) is 18.9 Å². The van der Waals surface area contributed by atoms with E-state index in [0.29, 0.717) is 36.8 Å². The molecule has 0 atom stereocenters. The fraction of sp³-hybridized carbons (Fsp3) is 0.333. The summed E-state index contributed by atoms with van der Waals surface area (Å²) < 4.78 is 22.3. The molecule has 306 valence electrons. The Morgan fingerprint density at radius 3 is 0.914 bits per heavy atom. The van der Waals surface area contributed by atoms with Crippen molar-refractivity contribution in [3.8, 4) is 30.6 Å². The fourth-order valence-electron chi connectivity index (χ4n) is 5.82. The lowest BCUT2D eigenvalue weighted by molar-refractivity contribution is 0.0479. The summed E-state index contributed by atoms with van der Waals surface area (Å²) >= 11 is 3.03. The summed E-state index contributed by atoms with van der Waals surface area (Å²) in [6.07, 6.45) is 17.0. The molecule has 0 saturated carbocycles. The molecule has 0 fully saturated rings. The van der Waals surface area contributed by atoms with Crippen LogP contribution in [-0.4, -0.2) is 50.3 Å². The Morgan fingerprint density at radius 2 is 0.655 bits per heavy atom. The van der Waals surface area contributed by atoms with Gasteiger partial charge < -0.3 is 18.9 Å². The Kier molecular flexibility index (Phi) is 19.7. The molecule has 0 saturated heterocycles. The zero-order valence-electron chi connectivity index (χ0n) is 33.3. The Bertz CT molecular complexity index is 1780. The van der Waals surface area contributed by atoms with E-state index in [2.05, 4.69) is 26.3 Å². The summed E-state index contributed by atoms with van der Waals surface area (Å²) in [5.41, 5.74) is 2.47. The summed E-state index contributed by atoms with van der Waals surface area (Å²) in [5.74, 6) is -2.02. The van der Waals surface area contributed by atoms with Crippen molar-refractivity contribution in [1.29, 1.82) is 0 Å². The van der Waals surface area contributed by atoms with Crippen LogP contribution in [0.3, 0.4) is 0 Å². The number of ether oxygens (including phenoxy) is 4. The zero-order chi connectivity index (χ0) is 41.5. The van der Waals surface area contributed by atoms with Crippen molar-refractivity contribution in [2.45, 2.75) is 77.0 Å². The second-order valence-electron chi connectivity index (χ2n) is 13.6. The SMILES string of the molecule is C=CCCCCOC(=O)c1cc(C(=O)OCCCCC=C)cc(-c2ccc(-c3ccc(-c4cc(C(=O)OCCCCC=C)cc(C(=O)OCCCCC=C)c4)s3)s2)c1. The summed E-state index contributed by atoms with van der Waals surface area (Å²) in [6.45, 7) is 16.0. The van der Waals surface area contributed by atoms with Crippen LogP contribution in [0.5, 0.6) is 0 Å². The van der Waals surface area contributed by atoms with Gasteiger partial charge in [0.05, 0.1) is 48.7 Å². The van der Waals surface area contributed by atoms with Gasteiger partial charge in [0.15, 0.2) is 0 Å². The van der Waals surface area contributed by atoms with Crippen molar-refractivity contribution in [3.05, 3.63) is 134 Å². The molecule has 4 aromatic rings. The molecule has 0 N–H and O–H groups in total. The maximum absolute atomic E-state index is 13.2. The van der Waals surface area contributed by atoms with Gasteiger partial charge in [-0.05, 0) is 149 Å². The molecule has 2 aromatic carbocycles. The highest BCUT2D eigenvalue weighted by atomic mass is 32.1. The highest BCUT2D eigenvalue weighted by Crippen LogP contribution is 2.41. The molecular weight excluding hydrogens is 769 g/mol. The maximum atomic E-state index is 13.2. The standard InChI is InChI=1S/C48H54O8S2/c1-5-9-13-17-25-53-45(49)37-29-35(30-38(33-37)46(50)54-26-18-14-10-6-2)41-21-23-43(57-41)44-24-22-42(58-44)36-31-39(47(51)55-27-19-15-11-7-3)34-40(32-36)48(52)56-28-20-16-12-8-4/h5-8,21-24,29-34H,1-4,9-20,25-28H2. The monoisotopic (exact) mass is 822 g/mol. The fourth-order valence-corrected chi connectivity index (χ4v) is 7.89. The van der Waals surface area contributed by atoms with Crippen molar-refractivity contribution in [1.82, 2.24) is 0 Å². The third kappa shape index (κ3) is 14.6. The topological polar surface area (TPSA) is 105 Å².